The number of rotatable bonds is 3. The second kappa shape index (κ2) is 5.71. The molecule has 114 valence electrons. The highest BCUT2D eigenvalue weighted by atomic mass is 16.3. The predicted molar refractivity (Wildman–Crippen MR) is 88.6 cm³/mol. The third-order valence-corrected chi connectivity index (χ3v) is 4.70. The SMILES string of the molecule is OCn1cc(CN2CCCCC2)c2c3cccnc3ccc21. The molecule has 0 aliphatic carbocycles. The van der Waals surface area contributed by atoms with Crippen molar-refractivity contribution >= 4 is 21.8 Å². The molecule has 0 saturated carbocycles. The number of piperidine rings is 1. The van der Waals surface area contributed by atoms with Gasteiger partial charge in [0.05, 0.1) is 11.0 Å². The van der Waals surface area contributed by atoms with Gasteiger partial charge in [0.2, 0.25) is 0 Å². The zero-order valence-corrected chi connectivity index (χ0v) is 12.7. The first-order chi connectivity index (χ1) is 10.9. The fraction of sp³-hybridized carbons (Fsp3) is 0.389. The van der Waals surface area contributed by atoms with E-state index in [4.69, 9.17) is 0 Å². The summed E-state index contributed by atoms with van der Waals surface area (Å²) in [7, 11) is 0. The van der Waals surface area contributed by atoms with E-state index in [-0.39, 0.29) is 6.73 Å². The van der Waals surface area contributed by atoms with E-state index < -0.39 is 0 Å². The summed E-state index contributed by atoms with van der Waals surface area (Å²) in [5, 5.41) is 12.1. The number of aliphatic hydroxyl groups is 1. The maximum absolute atomic E-state index is 9.66. The minimum atomic E-state index is 0.0161. The standard InChI is InChI=1S/C18H21N3O/c22-13-21-12-14(11-20-9-2-1-3-10-20)18-15-5-4-8-19-16(15)6-7-17(18)21/h4-8,12,22H,1-3,9-11,13H2. The third kappa shape index (κ3) is 2.28. The van der Waals surface area contributed by atoms with Crippen LogP contribution < -0.4 is 0 Å². The van der Waals surface area contributed by atoms with Gasteiger partial charge in [0.15, 0.2) is 0 Å². The Hall–Kier alpha value is -1.91. The molecular formula is C18H21N3O. The molecule has 1 aliphatic rings. The molecule has 1 aliphatic heterocycles. The summed E-state index contributed by atoms with van der Waals surface area (Å²) in [6.07, 6.45) is 7.87. The van der Waals surface area contributed by atoms with Gasteiger partial charge < -0.3 is 9.67 Å². The van der Waals surface area contributed by atoms with Gasteiger partial charge in [-0.1, -0.05) is 12.5 Å². The van der Waals surface area contributed by atoms with E-state index in [2.05, 4.69) is 28.2 Å². The van der Waals surface area contributed by atoms with Crippen LogP contribution in [0.25, 0.3) is 21.8 Å². The number of likely N-dealkylation sites (tertiary alicyclic amines) is 1. The first-order valence-electron chi connectivity index (χ1n) is 8.05. The first-order valence-corrected chi connectivity index (χ1v) is 8.05. The van der Waals surface area contributed by atoms with E-state index in [1.807, 2.05) is 22.9 Å². The molecule has 0 amide bonds. The summed E-state index contributed by atoms with van der Waals surface area (Å²) in [5.74, 6) is 0. The molecule has 0 spiro atoms. The number of aromatic nitrogens is 2. The highest BCUT2D eigenvalue weighted by Gasteiger charge is 2.16. The Morgan fingerprint density at radius 1 is 1.09 bits per heavy atom. The van der Waals surface area contributed by atoms with E-state index in [1.54, 1.807) is 0 Å². The van der Waals surface area contributed by atoms with Crippen LogP contribution in [-0.2, 0) is 13.3 Å². The Morgan fingerprint density at radius 3 is 2.77 bits per heavy atom. The van der Waals surface area contributed by atoms with E-state index in [0.29, 0.717) is 0 Å². The van der Waals surface area contributed by atoms with E-state index in [1.165, 1.54) is 48.7 Å². The molecule has 4 heteroatoms. The van der Waals surface area contributed by atoms with Gasteiger partial charge in [-0.05, 0) is 49.7 Å². The van der Waals surface area contributed by atoms with Crippen LogP contribution in [0.15, 0.2) is 36.7 Å². The topological polar surface area (TPSA) is 41.3 Å². The Bertz CT molecular complexity index is 803. The molecule has 22 heavy (non-hydrogen) atoms. The summed E-state index contributed by atoms with van der Waals surface area (Å²) < 4.78 is 1.93. The minimum Gasteiger partial charge on any atom is -0.376 e. The Balaban J connectivity index is 1.86. The van der Waals surface area contributed by atoms with E-state index in [0.717, 1.165) is 17.6 Å². The number of hydrogen-bond donors (Lipinski definition) is 1. The van der Waals surface area contributed by atoms with Crippen molar-refractivity contribution in [3.63, 3.8) is 0 Å². The van der Waals surface area contributed by atoms with Crippen LogP contribution in [-0.4, -0.2) is 32.6 Å². The average molecular weight is 295 g/mol. The Morgan fingerprint density at radius 2 is 1.95 bits per heavy atom. The van der Waals surface area contributed by atoms with Crippen molar-refractivity contribution < 1.29 is 5.11 Å². The van der Waals surface area contributed by atoms with Crippen molar-refractivity contribution in [3.8, 4) is 0 Å². The molecule has 1 N–H and O–H groups in total. The normalized spacial score (nSPS) is 16.6. The van der Waals surface area contributed by atoms with Gasteiger partial charge in [0.25, 0.3) is 0 Å². The Labute approximate surface area is 130 Å². The van der Waals surface area contributed by atoms with Gasteiger partial charge >= 0.3 is 0 Å². The lowest BCUT2D eigenvalue weighted by Gasteiger charge is -2.26. The molecule has 1 aromatic carbocycles. The number of pyridine rings is 1. The summed E-state index contributed by atoms with van der Waals surface area (Å²) in [4.78, 5) is 6.99. The van der Waals surface area contributed by atoms with Gasteiger partial charge in [0, 0.05) is 29.7 Å². The zero-order chi connectivity index (χ0) is 14.9. The number of aliphatic hydroxyl groups excluding tert-OH is 1. The molecular weight excluding hydrogens is 274 g/mol. The molecule has 4 rings (SSSR count). The van der Waals surface area contributed by atoms with Gasteiger partial charge in [0.1, 0.15) is 6.73 Å². The number of hydrogen-bond acceptors (Lipinski definition) is 3. The second-order valence-corrected chi connectivity index (χ2v) is 6.13. The van der Waals surface area contributed by atoms with Crippen molar-refractivity contribution in [2.75, 3.05) is 13.1 Å². The predicted octanol–water partition coefficient (Wildman–Crippen LogP) is 3.13. The summed E-state index contributed by atoms with van der Waals surface area (Å²) >= 11 is 0. The second-order valence-electron chi connectivity index (χ2n) is 6.13. The van der Waals surface area contributed by atoms with Crippen LogP contribution in [0.1, 0.15) is 24.8 Å². The number of fused-ring (bicyclic) bond motifs is 3. The van der Waals surface area contributed by atoms with Crippen molar-refractivity contribution in [2.45, 2.75) is 32.5 Å². The highest BCUT2D eigenvalue weighted by Crippen LogP contribution is 2.30. The lowest BCUT2D eigenvalue weighted by atomic mass is 10.1. The van der Waals surface area contributed by atoms with Crippen LogP contribution >= 0.6 is 0 Å². The molecule has 0 bridgehead atoms. The number of nitrogens with zero attached hydrogens (tertiary/aromatic N) is 3. The molecule has 4 nitrogen and oxygen atoms in total. The van der Waals surface area contributed by atoms with Crippen molar-refractivity contribution in [3.05, 3.63) is 42.2 Å². The van der Waals surface area contributed by atoms with Gasteiger partial charge in [-0.15, -0.1) is 0 Å². The zero-order valence-electron chi connectivity index (χ0n) is 12.7. The lowest BCUT2D eigenvalue weighted by molar-refractivity contribution is 0.211. The molecule has 0 radical (unpaired) electrons. The largest absolute Gasteiger partial charge is 0.376 e. The summed E-state index contributed by atoms with van der Waals surface area (Å²) in [5.41, 5.74) is 3.41. The monoisotopic (exact) mass is 295 g/mol. The van der Waals surface area contributed by atoms with Gasteiger partial charge in [-0.2, -0.15) is 0 Å². The number of benzene rings is 1. The third-order valence-electron chi connectivity index (χ3n) is 4.70. The average Bonchev–Trinajstić information content (AvgIpc) is 2.94. The summed E-state index contributed by atoms with van der Waals surface area (Å²) in [6, 6.07) is 8.23. The molecule has 1 saturated heterocycles. The van der Waals surface area contributed by atoms with Crippen molar-refractivity contribution in [2.24, 2.45) is 0 Å². The van der Waals surface area contributed by atoms with Crippen LogP contribution in [0.4, 0.5) is 0 Å². The molecule has 0 atom stereocenters. The van der Waals surface area contributed by atoms with Crippen molar-refractivity contribution in [1.82, 2.24) is 14.5 Å². The molecule has 3 heterocycles. The van der Waals surface area contributed by atoms with Crippen LogP contribution in [0.2, 0.25) is 0 Å². The van der Waals surface area contributed by atoms with Crippen LogP contribution in [0, 0.1) is 0 Å². The molecule has 1 fully saturated rings. The highest BCUT2D eigenvalue weighted by molar-refractivity contribution is 6.07. The molecule has 0 unspecified atom stereocenters. The maximum atomic E-state index is 9.66. The fourth-order valence-corrected chi connectivity index (χ4v) is 3.64. The summed E-state index contributed by atoms with van der Waals surface area (Å²) in [6.45, 7) is 3.32. The fourth-order valence-electron chi connectivity index (χ4n) is 3.64. The maximum Gasteiger partial charge on any atom is 0.119 e. The van der Waals surface area contributed by atoms with Crippen LogP contribution in [0.3, 0.4) is 0 Å². The minimum absolute atomic E-state index is 0.0161. The van der Waals surface area contributed by atoms with Gasteiger partial charge in [-0.25, -0.2) is 0 Å². The molecule has 3 aromatic rings. The lowest BCUT2D eigenvalue weighted by Crippen LogP contribution is -2.29. The quantitative estimate of drug-likeness (QED) is 0.807. The van der Waals surface area contributed by atoms with Crippen LogP contribution in [0.5, 0.6) is 0 Å². The van der Waals surface area contributed by atoms with E-state index in [9.17, 15) is 5.11 Å². The Kier molecular flexibility index (Phi) is 3.56. The smallest absolute Gasteiger partial charge is 0.119 e. The van der Waals surface area contributed by atoms with E-state index >= 15 is 0 Å². The first kappa shape index (κ1) is 13.7. The van der Waals surface area contributed by atoms with Gasteiger partial charge in [-0.3, -0.25) is 9.88 Å². The van der Waals surface area contributed by atoms with Crippen molar-refractivity contribution in [1.29, 1.82) is 0 Å². The molecule has 2 aromatic heterocycles.